The molecule has 1 N–H and O–H groups in total. The molecule has 1 heterocycles. The molecule has 2 unspecified atom stereocenters. The lowest BCUT2D eigenvalue weighted by atomic mass is 10.0. The normalized spacial score (nSPS) is 20.4. The van der Waals surface area contributed by atoms with E-state index in [0.717, 1.165) is 11.8 Å². The van der Waals surface area contributed by atoms with Gasteiger partial charge in [-0.1, -0.05) is 18.2 Å². The van der Waals surface area contributed by atoms with Crippen molar-refractivity contribution in [1.82, 2.24) is 10.4 Å². The van der Waals surface area contributed by atoms with E-state index in [1.807, 2.05) is 13.8 Å². The number of halogens is 3. The fourth-order valence-electron chi connectivity index (χ4n) is 2.57. The van der Waals surface area contributed by atoms with Crippen molar-refractivity contribution in [1.29, 1.82) is 0 Å². The predicted octanol–water partition coefficient (Wildman–Crippen LogP) is 4.09. The van der Waals surface area contributed by atoms with Crippen LogP contribution >= 0.6 is 0 Å². The molecule has 0 bridgehead atoms. The van der Waals surface area contributed by atoms with Gasteiger partial charge < -0.3 is 9.75 Å². The van der Waals surface area contributed by atoms with Crippen LogP contribution in [0.25, 0.3) is 0 Å². The van der Waals surface area contributed by atoms with E-state index in [-0.39, 0.29) is 11.7 Å². The predicted molar refractivity (Wildman–Crippen MR) is 78.5 cm³/mol. The molecule has 0 aromatic heterocycles. The lowest BCUT2D eigenvalue weighted by Gasteiger charge is -2.33. The van der Waals surface area contributed by atoms with Gasteiger partial charge in [-0.15, -0.1) is 0 Å². The maximum absolute atomic E-state index is 14.3. The van der Waals surface area contributed by atoms with Crippen molar-refractivity contribution in [2.75, 3.05) is 6.54 Å². The highest BCUT2D eigenvalue weighted by atomic mass is 19.3. The lowest BCUT2D eigenvalue weighted by molar-refractivity contribution is 0.0134. The van der Waals surface area contributed by atoms with Crippen LogP contribution < -0.4 is 5.43 Å². The number of benzene rings is 1. The van der Waals surface area contributed by atoms with Gasteiger partial charge in [0, 0.05) is 12.5 Å². The van der Waals surface area contributed by atoms with Crippen LogP contribution in [-0.4, -0.2) is 17.7 Å². The van der Waals surface area contributed by atoms with Crippen LogP contribution in [-0.2, 0) is 10.7 Å². The second-order valence-electron chi connectivity index (χ2n) is 5.77. The minimum absolute atomic E-state index is 0.000793. The number of nitrogens with zero attached hydrogens (tertiary/aromatic N) is 1. The summed E-state index contributed by atoms with van der Waals surface area (Å²) >= 11 is 0. The highest BCUT2D eigenvalue weighted by Crippen LogP contribution is 2.32. The molecule has 0 amide bonds. The molecule has 1 aromatic rings. The summed E-state index contributed by atoms with van der Waals surface area (Å²) in [5.74, 6) is -3.33. The molecule has 6 heteroatoms. The Morgan fingerprint density at radius 1 is 1.41 bits per heavy atom. The van der Waals surface area contributed by atoms with Crippen molar-refractivity contribution in [2.24, 2.45) is 0 Å². The van der Waals surface area contributed by atoms with E-state index >= 15 is 0 Å². The highest BCUT2D eigenvalue weighted by Gasteiger charge is 2.30. The number of allylic oxidation sites excluding steroid dienone is 1. The maximum atomic E-state index is 14.3. The van der Waals surface area contributed by atoms with Crippen LogP contribution in [0.15, 0.2) is 30.2 Å². The number of hydrogen-bond donors (Lipinski definition) is 1. The third-order valence-electron chi connectivity index (χ3n) is 3.51. The third-order valence-corrected chi connectivity index (χ3v) is 3.51. The number of nitrogens with one attached hydrogen (secondary N) is 1. The molecule has 0 radical (unpaired) electrons. The molecule has 122 valence electrons. The topological polar surface area (TPSA) is 24.5 Å². The number of rotatable bonds is 4. The second kappa shape index (κ2) is 6.20. The Kier molecular flexibility index (Phi) is 4.70. The van der Waals surface area contributed by atoms with E-state index in [9.17, 15) is 13.2 Å². The second-order valence-corrected chi connectivity index (χ2v) is 5.77. The van der Waals surface area contributed by atoms with Crippen LogP contribution in [0.2, 0.25) is 0 Å². The quantitative estimate of drug-likeness (QED) is 0.906. The summed E-state index contributed by atoms with van der Waals surface area (Å²) in [5.41, 5.74) is 2.74. The summed E-state index contributed by atoms with van der Waals surface area (Å²) in [4.78, 5) is 0. The van der Waals surface area contributed by atoms with Gasteiger partial charge in [0.05, 0.1) is 24.4 Å². The van der Waals surface area contributed by atoms with Crippen molar-refractivity contribution < 1.29 is 17.9 Å². The van der Waals surface area contributed by atoms with E-state index in [1.165, 1.54) is 12.1 Å². The first kappa shape index (κ1) is 16.7. The van der Waals surface area contributed by atoms with Gasteiger partial charge in [0.1, 0.15) is 17.7 Å². The van der Waals surface area contributed by atoms with E-state index in [2.05, 4.69) is 5.43 Å². The SMILES string of the molecule is CC1=CN(NC(C)c2cccc(C(C)(F)F)c2F)CC(C)O1. The summed E-state index contributed by atoms with van der Waals surface area (Å²) in [5, 5.41) is 1.80. The first-order valence-corrected chi connectivity index (χ1v) is 7.23. The fraction of sp³-hybridized carbons (Fsp3) is 0.500. The smallest absolute Gasteiger partial charge is 0.273 e. The zero-order valence-electron chi connectivity index (χ0n) is 13.2. The summed E-state index contributed by atoms with van der Waals surface area (Å²) in [6.07, 6.45) is 1.77. The molecule has 0 fully saturated rings. The van der Waals surface area contributed by atoms with Gasteiger partial charge in [-0.3, -0.25) is 0 Å². The summed E-state index contributed by atoms with van der Waals surface area (Å²) in [6, 6.07) is 3.64. The Hall–Kier alpha value is -1.69. The van der Waals surface area contributed by atoms with Crippen LogP contribution in [0.1, 0.15) is 44.9 Å². The first-order valence-electron chi connectivity index (χ1n) is 7.23. The Morgan fingerprint density at radius 2 is 2.09 bits per heavy atom. The molecule has 2 rings (SSSR count). The van der Waals surface area contributed by atoms with Crippen LogP contribution in [0, 0.1) is 5.82 Å². The van der Waals surface area contributed by atoms with Gasteiger partial charge >= 0.3 is 0 Å². The third kappa shape index (κ3) is 3.74. The van der Waals surface area contributed by atoms with Crippen molar-refractivity contribution in [3.05, 3.63) is 47.1 Å². The van der Waals surface area contributed by atoms with Crippen LogP contribution in [0.5, 0.6) is 0 Å². The standard InChI is InChI=1S/C16H21F3N2O/c1-10-8-21(9-11(2)22-10)20-12(3)13-6-5-7-14(15(13)17)16(4,18)19/h5-8,11-12,20H,9H2,1-4H3. The zero-order chi connectivity index (χ0) is 16.5. The zero-order valence-corrected chi connectivity index (χ0v) is 13.2. The molecular weight excluding hydrogens is 293 g/mol. The van der Waals surface area contributed by atoms with E-state index in [1.54, 1.807) is 18.1 Å². The van der Waals surface area contributed by atoms with Crippen molar-refractivity contribution in [3.8, 4) is 0 Å². The molecule has 0 aliphatic carbocycles. The van der Waals surface area contributed by atoms with Gasteiger partial charge in [-0.25, -0.2) is 18.6 Å². The molecular formula is C16H21F3N2O. The van der Waals surface area contributed by atoms with Crippen LogP contribution in [0.3, 0.4) is 0 Å². The van der Waals surface area contributed by atoms with E-state index in [0.29, 0.717) is 13.5 Å². The largest absolute Gasteiger partial charge is 0.492 e. The van der Waals surface area contributed by atoms with E-state index < -0.39 is 23.3 Å². The van der Waals surface area contributed by atoms with Gasteiger partial charge in [0.2, 0.25) is 0 Å². The monoisotopic (exact) mass is 314 g/mol. The average molecular weight is 314 g/mol. The fourth-order valence-corrected chi connectivity index (χ4v) is 2.57. The molecule has 0 saturated carbocycles. The van der Waals surface area contributed by atoms with Crippen molar-refractivity contribution >= 4 is 0 Å². The van der Waals surface area contributed by atoms with Gasteiger partial charge in [0.15, 0.2) is 0 Å². The Labute approximate surface area is 128 Å². The minimum Gasteiger partial charge on any atom is -0.492 e. The Balaban J connectivity index is 2.20. The molecule has 22 heavy (non-hydrogen) atoms. The molecule has 1 aliphatic heterocycles. The van der Waals surface area contributed by atoms with Crippen molar-refractivity contribution in [2.45, 2.75) is 45.8 Å². The summed E-state index contributed by atoms with van der Waals surface area (Å²) in [6.45, 7) is 6.78. The highest BCUT2D eigenvalue weighted by molar-refractivity contribution is 5.30. The summed E-state index contributed by atoms with van der Waals surface area (Å²) < 4.78 is 46.7. The van der Waals surface area contributed by atoms with Gasteiger partial charge in [0.25, 0.3) is 5.92 Å². The number of alkyl halides is 2. The molecule has 2 atom stereocenters. The van der Waals surface area contributed by atoms with Gasteiger partial charge in [-0.05, 0) is 20.8 Å². The Bertz CT molecular complexity index is 569. The minimum atomic E-state index is -3.20. The molecule has 1 aliphatic rings. The van der Waals surface area contributed by atoms with Crippen molar-refractivity contribution in [3.63, 3.8) is 0 Å². The molecule has 0 saturated heterocycles. The molecule has 1 aromatic carbocycles. The maximum Gasteiger partial charge on any atom is 0.273 e. The Morgan fingerprint density at radius 3 is 2.68 bits per heavy atom. The first-order chi connectivity index (χ1) is 10.2. The number of hydrogen-bond acceptors (Lipinski definition) is 3. The number of ether oxygens (including phenoxy) is 1. The van der Waals surface area contributed by atoms with E-state index in [4.69, 9.17) is 4.74 Å². The molecule has 0 spiro atoms. The number of hydrazine groups is 1. The lowest BCUT2D eigenvalue weighted by Crippen LogP contribution is -2.43. The summed E-state index contributed by atoms with van der Waals surface area (Å²) in [7, 11) is 0. The average Bonchev–Trinajstić information content (AvgIpc) is 2.35. The van der Waals surface area contributed by atoms with Crippen LogP contribution in [0.4, 0.5) is 13.2 Å². The molecule has 3 nitrogen and oxygen atoms in total. The van der Waals surface area contributed by atoms with Gasteiger partial charge in [-0.2, -0.15) is 0 Å².